The first-order valence-electron chi connectivity index (χ1n) is 47.1. The number of aromatic carboxylic acids is 1. The highest BCUT2D eigenvalue weighted by Crippen LogP contribution is 2.45. The third-order valence-electron chi connectivity index (χ3n) is 28.2. The molecule has 9 aliphatic rings. The van der Waals surface area contributed by atoms with E-state index in [0.29, 0.717) is 76.1 Å². The second-order valence-electron chi connectivity index (χ2n) is 36.3. The number of nitrogens with zero attached hydrogens (tertiary/aromatic N) is 21. The Morgan fingerprint density at radius 2 is 1.02 bits per heavy atom. The van der Waals surface area contributed by atoms with E-state index in [2.05, 4.69) is 110 Å². The molecule has 0 spiro atoms. The molecular weight excluding hydrogens is 1680 g/mol. The molecule has 20 heterocycles. The van der Waals surface area contributed by atoms with E-state index >= 15 is 0 Å². The smallest absolute Gasteiger partial charge is 0.356 e. The lowest BCUT2D eigenvalue weighted by atomic mass is 9.92. The van der Waals surface area contributed by atoms with Crippen LogP contribution in [0.2, 0.25) is 0 Å². The van der Waals surface area contributed by atoms with Crippen molar-refractivity contribution in [3.63, 3.8) is 0 Å². The third-order valence-corrected chi connectivity index (χ3v) is 28.2. The number of hydrogen-bond donors (Lipinski definition) is 2. The number of H-pyrrole nitrogens is 1. The largest absolute Gasteiger partial charge is 0.476 e. The van der Waals surface area contributed by atoms with Crippen LogP contribution in [0.3, 0.4) is 0 Å². The number of carboxylic acid groups (broad SMARTS) is 1. The fourth-order valence-electron chi connectivity index (χ4n) is 21.1. The van der Waals surface area contributed by atoms with Gasteiger partial charge in [-0.15, -0.1) is 0 Å². The minimum atomic E-state index is -1.07. The van der Waals surface area contributed by atoms with Gasteiger partial charge in [0.2, 0.25) is 23.6 Å². The summed E-state index contributed by atoms with van der Waals surface area (Å²) < 4.78 is 36.9. The average Bonchev–Trinajstić information content (AvgIpc) is 1.62. The molecule has 4 saturated heterocycles. The predicted molar refractivity (Wildman–Crippen MR) is 502 cm³/mol. The Bertz CT molecular complexity index is 6680. The van der Waals surface area contributed by atoms with Gasteiger partial charge in [-0.25, -0.2) is 14.8 Å². The second kappa shape index (κ2) is 38.1. The molecule has 32 nitrogen and oxygen atoms in total. The van der Waals surface area contributed by atoms with Crippen molar-refractivity contribution >= 4 is 62.7 Å². The van der Waals surface area contributed by atoms with Crippen LogP contribution in [0, 0.1) is 0 Å². The van der Waals surface area contributed by atoms with Crippen LogP contribution in [0.4, 0.5) is 5.69 Å². The van der Waals surface area contributed by atoms with Crippen molar-refractivity contribution in [3.05, 3.63) is 209 Å². The molecule has 133 heavy (non-hydrogen) atoms. The number of aryl methyl sites for hydroxylation is 2. The third kappa shape index (κ3) is 17.8. The normalized spacial score (nSPS) is 17.4. The Kier molecular flexibility index (Phi) is 25.1. The molecule has 0 radical (unpaired) electrons. The first-order valence-corrected chi connectivity index (χ1v) is 47.1. The van der Waals surface area contributed by atoms with Crippen molar-refractivity contribution in [1.29, 1.82) is 0 Å². The number of para-hydroxylation sites is 1. The molecule has 2 N–H and O–H groups in total. The summed E-state index contributed by atoms with van der Waals surface area (Å²) in [4.78, 5) is 92.4. The molecule has 0 atom stereocenters. The van der Waals surface area contributed by atoms with Crippen molar-refractivity contribution in [2.45, 2.75) is 181 Å². The van der Waals surface area contributed by atoms with E-state index in [0.717, 1.165) is 252 Å². The number of rotatable bonds is 13. The van der Waals surface area contributed by atoms with E-state index in [1.54, 1.807) is 42.2 Å². The van der Waals surface area contributed by atoms with Crippen LogP contribution in [0.5, 0.6) is 0 Å². The van der Waals surface area contributed by atoms with Crippen LogP contribution < -0.4 is 4.90 Å². The van der Waals surface area contributed by atoms with Crippen molar-refractivity contribution < 1.29 is 48.0 Å². The highest BCUT2D eigenvalue weighted by atomic mass is 16.5. The first kappa shape index (κ1) is 87.7. The van der Waals surface area contributed by atoms with Gasteiger partial charge in [0.25, 0.3) is 0 Å². The molecule has 0 unspecified atom stereocenters. The number of carbonyl (C=O) groups excluding carboxylic acids is 4. The summed E-state index contributed by atoms with van der Waals surface area (Å²) in [5.41, 5.74) is 27.2. The number of fused-ring (bicyclic) bond motifs is 8. The molecule has 0 bridgehead atoms. The number of aromatic nitrogens is 17. The molecule has 4 fully saturated rings. The molecule has 0 saturated carbocycles. The number of pyridine rings is 3. The molecule has 14 aromatic rings. The summed E-state index contributed by atoms with van der Waals surface area (Å²) in [6, 6.07) is 30.5. The van der Waals surface area contributed by atoms with Gasteiger partial charge in [-0.2, -0.15) is 25.5 Å². The summed E-state index contributed by atoms with van der Waals surface area (Å²) in [5.74, 6) is 0.219. The molecule has 23 rings (SSSR count). The van der Waals surface area contributed by atoms with E-state index < -0.39 is 5.97 Å². The van der Waals surface area contributed by atoms with Gasteiger partial charge in [0.1, 0.15) is 17.2 Å². The van der Waals surface area contributed by atoms with Crippen molar-refractivity contribution in [3.8, 4) is 67.5 Å². The molecule has 688 valence electrons. The van der Waals surface area contributed by atoms with Gasteiger partial charge in [0.05, 0.1) is 64.3 Å². The molecular formula is C101H114N22O10. The Hall–Kier alpha value is -13.3. The van der Waals surface area contributed by atoms with Gasteiger partial charge in [0, 0.05) is 325 Å². The van der Waals surface area contributed by atoms with Gasteiger partial charge in [-0.05, 0) is 123 Å². The van der Waals surface area contributed by atoms with Crippen molar-refractivity contribution in [2.24, 2.45) is 14.1 Å². The van der Waals surface area contributed by atoms with E-state index in [1.165, 1.54) is 67.9 Å². The number of hydrogen-bond acceptors (Lipinski definition) is 19. The number of imidazole rings is 2. The summed E-state index contributed by atoms with van der Waals surface area (Å²) in [7, 11) is 3.89. The van der Waals surface area contributed by atoms with Gasteiger partial charge < -0.3 is 62.5 Å². The lowest BCUT2D eigenvalue weighted by Crippen LogP contribution is -2.36. The number of amides is 4. The maximum absolute atomic E-state index is 12.7. The summed E-state index contributed by atoms with van der Waals surface area (Å²) in [6.45, 7) is 20.2. The summed E-state index contributed by atoms with van der Waals surface area (Å²) >= 11 is 0. The fourth-order valence-corrected chi connectivity index (χ4v) is 21.1. The highest BCUT2D eigenvalue weighted by Gasteiger charge is 2.38. The van der Waals surface area contributed by atoms with Crippen molar-refractivity contribution in [2.75, 3.05) is 90.5 Å². The molecule has 3 aromatic carbocycles. The van der Waals surface area contributed by atoms with Crippen LogP contribution in [0.15, 0.2) is 147 Å². The number of ether oxygens (including phenoxy) is 4. The van der Waals surface area contributed by atoms with Gasteiger partial charge in [-0.3, -0.25) is 52.6 Å². The monoisotopic (exact) mass is 1790 g/mol. The lowest BCUT2D eigenvalue weighted by Gasteiger charge is -2.30. The maximum Gasteiger partial charge on any atom is 0.356 e. The van der Waals surface area contributed by atoms with Gasteiger partial charge in [0.15, 0.2) is 5.69 Å². The Balaban J connectivity index is 0.000000111. The summed E-state index contributed by atoms with van der Waals surface area (Å²) in [5, 5.41) is 35.8. The predicted octanol–water partition coefficient (Wildman–Crippen LogP) is 14.1. The minimum Gasteiger partial charge on any atom is -0.476 e. The molecule has 4 amide bonds. The zero-order valence-electron chi connectivity index (χ0n) is 76.5. The fraction of sp³-hybridized carbons (Fsp3) is 0.426. The average molecular weight is 1800 g/mol. The maximum atomic E-state index is 12.7. The van der Waals surface area contributed by atoms with Crippen LogP contribution in [-0.4, -0.2) is 223 Å². The highest BCUT2D eigenvalue weighted by molar-refractivity contribution is 5.99. The van der Waals surface area contributed by atoms with Crippen molar-refractivity contribution in [1.82, 2.24) is 102 Å². The zero-order chi connectivity index (χ0) is 91.1. The number of aromatic amines is 1. The number of anilines is 1. The quantitative estimate of drug-likeness (QED) is 0.108. The standard InChI is InChI=1S/C28H36N6O2.C27H29N5O2.C25H26N6O2.C21H23N5O4/c1-3-27(35)33-13-9-26-25(19-33)28(30-34(26)21-10-14-36-15-11-21)24-7-4-6-20-17-32(12-5-8-23(20)24)22-16-29-31(2)18-22;1-18(33)31-9-6-27-25(16-31)24(17-32(27)21-7-10-34-11-8-21)22-5-3-4-19-12-26(28-14-23(19)22)20-13-29-30(2)15-20;1-16(32)30-11-7-22-20(15-30)23(29-31(22)18-8-12-33-13-9-18)19-5-2-6-21-24(19)28-25(27-21)17-4-3-10-26-14-17;1-13(27)24-8-4-18-16(11-24)19(23-26(18)14-5-9-30-10-6-14)15-3-2-7-25-12-17(21(28)29)22-20(15)25/h4,6-7,16,18,21H,3,5,8-15,17,19H2,1-2H3;3-5,12-15,17,21H,6-11,16H2,1-2H3;2-6,10,14,18H,7-9,11-13,15H2,1H3,(H,27,28);2-3,7,12,14H,4-6,8-11H2,1H3,(H,28,29). The Morgan fingerprint density at radius 1 is 0.481 bits per heavy atom. The van der Waals surface area contributed by atoms with Gasteiger partial charge >= 0.3 is 5.97 Å². The minimum absolute atomic E-state index is 0.00876. The lowest BCUT2D eigenvalue weighted by molar-refractivity contribution is -0.132. The van der Waals surface area contributed by atoms with Crippen LogP contribution in [0.25, 0.3) is 95.0 Å². The molecule has 0 aliphatic carbocycles. The summed E-state index contributed by atoms with van der Waals surface area (Å²) in [6.07, 6.45) is 32.8. The van der Waals surface area contributed by atoms with Crippen LogP contribution in [-0.2, 0) is 117 Å². The number of carbonyl (C=O) groups is 5. The van der Waals surface area contributed by atoms with E-state index in [4.69, 9.17) is 44.2 Å². The Morgan fingerprint density at radius 3 is 1.60 bits per heavy atom. The zero-order valence-corrected chi connectivity index (χ0v) is 76.5. The number of benzene rings is 3. The van der Waals surface area contributed by atoms with Gasteiger partial charge in [-0.1, -0.05) is 55.5 Å². The first-order chi connectivity index (χ1) is 64.9. The van der Waals surface area contributed by atoms with Crippen LogP contribution in [0.1, 0.15) is 183 Å². The topological polar surface area (TPSA) is 324 Å². The van der Waals surface area contributed by atoms with E-state index in [9.17, 15) is 29.1 Å². The molecule has 11 aromatic heterocycles. The van der Waals surface area contributed by atoms with E-state index in [1.807, 2.05) is 113 Å². The SMILES string of the molecule is CC(=O)N1CCc2c(c(-c3cccc4[nH]c(-c5cccnc5)nc34)nn2C2CCOCC2)C1.CC(=O)N1CCc2c(c(-c3cccc4cc(-c5cnn(C)c5)ncc34)cn2C2CCOCC2)C1.CC(=O)N1CCc2c(c(-c3cccn4cc(C(=O)O)nc34)nn2C2CCOCC2)C1.CCC(=O)N1CCc2c(c(-c3cccc4c3CCCN(c3cnn(C)c3)C4)nn2C2CCOCC2)C1. The van der Waals surface area contributed by atoms with Crippen LogP contribution >= 0.6 is 0 Å². The molecule has 32 heteroatoms. The van der Waals surface area contributed by atoms with E-state index in [-0.39, 0.29) is 35.4 Å². The Labute approximate surface area is 770 Å². The second-order valence-corrected chi connectivity index (χ2v) is 36.3. The molecule has 9 aliphatic heterocycles. The number of carboxylic acids is 1. The number of nitrogens with one attached hydrogen (secondary N) is 1.